The molecule has 3 rings (SSSR count). The van der Waals surface area contributed by atoms with Gasteiger partial charge in [0.05, 0.1) is 16.3 Å². The molecule has 0 saturated carbocycles. The summed E-state index contributed by atoms with van der Waals surface area (Å²) in [4.78, 5) is 19.2. The summed E-state index contributed by atoms with van der Waals surface area (Å²) in [5.74, 6) is -0.953. The molecule has 1 aromatic rings. The van der Waals surface area contributed by atoms with Crippen LogP contribution in [0.25, 0.3) is 11.6 Å². The van der Waals surface area contributed by atoms with Gasteiger partial charge >= 0.3 is 5.97 Å². The minimum Gasteiger partial charge on any atom is -0.478 e. The molecule has 0 saturated heterocycles. The van der Waals surface area contributed by atoms with Crippen LogP contribution in [0.2, 0.25) is 0 Å². The van der Waals surface area contributed by atoms with Crippen molar-refractivity contribution in [2.45, 2.75) is 0 Å². The zero-order chi connectivity index (χ0) is 10.4. The minimum absolute atomic E-state index is 0.239. The Morgan fingerprint density at radius 3 is 2.80 bits per heavy atom. The number of benzene rings is 1. The summed E-state index contributed by atoms with van der Waals surface area (Å²) >= 11 is 0. The number of carboxylic acid groups (broad SMARTS) is 1. The normalized spacial score (nSPS) is 15.1. The summed E-state index contributed by atoms with van der Waals surface area (Å²) in [5.41, 5.74) is 1.77. The van der Waals surface area contributed by atoms with Crippen LogP contribution in [0.15, 0.2) is 34.5 Å². The lowest BCUT2D eigenvalue weighted by Gasteiger charge is -2.00. The molecular formula is C11H6N2O2. The quantitative estimate of drug-likeness (QED) is 0.707. The Labute approximate surface area is 84.6 Å². The highest BCUT2D eigenvalue weighted by molar-refractivity contribution is 6.16. The minimum atomic E-state index is -0.953. The van der Waals surface area contributed by atoms with Crippen LogP contribution in [0.3, 0.4) is 0 Å². The molecule has 0 aromatic heterocycles. The van der Waals surface area contributed by atoms with E-state index in [4.69, 9.17) is 5.11 Å². The van der Waals surface area contributed by atoms with Crippen molar-refractivity contribution in [2.75, 3.05) is 0 Å². The number of rotatable bonds is 1. The van der Waals surface area contributed by atoms with Gasteiger partial charge in [-0.25, -0.2) is 4.79 Å². The number of nitrogens with zero attached hydrogens (tertiary/aromatic N) is 2. The molecule has 0 spiro atoms. The lowest BCUT2D eigenvalue weighted by molar-refractivity contribution is -0.130. The van der Waals surface area contributed by atoms with Crippen molar-refractivity contribution < 1.29 is 9.90 Å². The zero-order valence-electron chi connectivity index (χ0n) is 7.64. The maximum atomic E-state index is 11.0. The lowest BCUT2D eigenvalue weighted by atomic mass is 10.0. The monoisotopic (exact) mass is 198 g/mol. The Morgan fingerprint density at radius 2 is 2.00 bits per heavy atom. The van der Waals surface area contributed by atoms with E-state index in [9.17, 15) is 4.79 Å². The van der Waals surface area contributed by atoms with Gasteiger partial charge in [-0.05, 0) is 18.2 Å². The maximum Gasteiger partial charge on any atom is 0.337 e. The molecule has 0 bridgehead atoms. The SMILES string of the molecule is O=C(O)C1=CN=c2ccc3c(c21)C=CN=3. The third-order valence-electron chi connectivity index (χ3n) is 2.49. The molecule has 4 nitrogen and oxygen atoms in total. The first-order valence-electron chi connectivity index (χ1n) is 4.46. The molecule has 0 fully saturated rings. The highest BCUT2D eigenvalue weighted by Crippen LogP contribution is 2.19. The van der Waals surface area contributed by atoms with Crippen molar-refractivity contribution in [3.8, 4) is 0 Å². The molecule has 2 aliphatic heterocycles. The molecule has 72 valence electrons. The predicted octanol–water partition coefficient (Wildman–Crippen LogP) is 0.349. The van der Waals surface area contributed by atoms with Crippen molar-refractivity contribution >= 4 is 17.6 Å². The van der Waals surface area contributed by atoms with E-state index in [0.717, 1.165) is 10.9 Å². The maximum absolute atomic E-state index is 11.0. The number of hydrogen-bond acceptors (Lipinski definition) is 3. The van der Waals surface area contributed by atoms with Gasteiger partial charge in [0.25, 0.3) is 0 Å². The number of carboxylic acids is 1. The van der Waals surface area contributed by atoms with E-state index < -0.39 is 5.97 Å². The molecular weight excluding hydrogens is 192 g/mol. The third kappa shape index (κ3) is 0.985. The molecule has 0 radical (unpaired) electrons. The fourth-order valence-corrected chi connectivity index (χ4v) is 1.82. The van der Waals surface area contributed by atoms with Crippen LogP contribution in [-0.2, 0) is 4.79 Å². The van der Waals surface area contributed by atoms with E-state index in [2.05, 4.69) is 9.98 Å². The molecule has 4 heteroatoms. The summed E-state index contributed by atoms with van der Waals surface area (Å²) in [5, 5.41) is 10.5. The van der Waals surface area contributed by atoms with Gasteiger partial charge in [0.15, 0.2) is 0 Å². The van der Waals surface area contributed by atoms with Crippen molar-refractivity contribution in [3.05, 3.63) is 46.4 Å². The summed E-state index contributed by atoms with van der Waals surface area (Å²) in [7, 11) is 0. The molecule has 15 heavy (non-hydrogen) atoms. The van der Waals surface area contributed by atoms with Crippen LogP contribution in [0.4, 0.5) is 0 Å². The fraction of sp³-hybridized carbons (Fsp3) is 0. The number of hydrogen-bond donors (Lipinski definition) is 1. The molecule has 0 aliphatic carbocycles. The van der Waals surface area contributed by atoms with Gasteiger partial charge in [-0.2, -0.15) is 0 Å². The van der Waals surface area contributed by atoms with Gasteiger partial charge in [-0.1, -0.05) is 0 Å². The van der Waals surface area contributed by atoms with E-state index in [-0.39, 0.29) is 5.57 Å². The zero-order valence-corrected chi connectivity index (χ0v) is 7.64. The second kappa shape index (κ2) is 2.63. The van der Waals surface area contributed by atoms with Crippen molar-refractivity contribution in [1.82, 2.24) is 0 Å². The fourth-order valence-electron chi connectivity index (χ4n) is 1.82. The van der Waals surface area contributed by atoms with E-state index in [1.165, 1.54) is 6.20 Å². The van der Waals surface area contributed by atoms with Gasteiger partial charge in [-0.3, -0.25) is 9.98 Å². The van der Waals surface area contributed by atoms with Crippen LogP contribution in [0.1, 0.15) is 11.1 Å². The molecule has 0 atom stereocenters. The van der Waals surface area contributed by atoms with Crippen molar-refractivity contribution in [1.29, 1.82) is 0 Å². The Bertz CT molecular complexity index is 654. The van der Waals surface area contributed by atoms with E-state index in [0.29, 0.717) is 10.9 Å². The topological polar surface area (TPSA) is 62.0 Å². The highest BCUT2D eigenvalue weighted by Gasteiger charge is 2.21. The Kier molecular flexibility index (Phi) is 1.42. The second-order valence-corrected chi connectivity index (χ2v) is 3.31. The van der Waals surface area contributed by atoms with Gasteiger partial charge in [0.1, 0.15) is 0 Å². The van der Waals surface area contributed by atoms with E-state index in [1.807, 2.05) is 12.1 Å². The Hall–Kier alpha value is -2.23. The predicted molar refractivity (Wildman–Crippen MR) is 53.4 cm³/mol. The molecule has 0 amide bonds. The van der Waals surface area contributed by atoms with Crippen LogP contribution in [0.5, 0.6) is 0 Å². The van der Waals surface area contributed by atoms with E-state index in [1.54, 1.807) is 12.3 Å². The van der Waals surface area contributed by atoms with Gasteiger partial charge in [-0.15, -0.1) is 0 Å². The number of aliphatic carboxylic acids is 1. The van der Waals surface area contributed by atoms with Crippen molar-refractivity contribution in [2.24, 2.45) is 9.98 Å². The molecule has 2 aliphatic rings. The standard InChI is InChI=1S/C11H6N2O2/c14-11(15)7-5-13-9-2-1-8-6(10(7)9)3-4-12-8/h1-5H,(H,14,15). The molecule has 1 N–H and O–H groups in total. The summed E-state index contributed by atoms with van der Waals surface area (Å²) in [6.07, 6.45) is 4.87. The smallest absolute Gasteiger partial charge is 0.337 e. The van der Waals surface area contributed by atoms with E-state index >= 15 is 0 Å². The molecule has 0 unspecified atom stereocenters. The van der Waals surface area contributed by atoms with Crippen LogP contribution in [0, 0.1) is 0 Å². The number of fused-ring (bicyclic) bond motifs is 3. The summed E-state index contributed by atoms with van der Waals surface area (Å²) in [6.45, 7) is 0. The lowest BCUT2D eigenvalue weighted by Crippen LogP contribution is -2.17. The van der Waals surface area contributed by atoms with Crippen LogP contribution in [-0.4, -0.2) is 11.1 Å². The van der Waals surface area contributed by atoms with Crippen LogP contribution >= 0.6 is 0 Å². The average molecular weight is 198 g/mol. The Morgan fingerprint density at radius 1 is 1.20 bits per heavy atom. The van der Waals surface area contributed by atoms with Crippen molar-refractivity contribution in [3.63, 3.8) is 0 Å². The highest BCUT2D eigenvalue weighted by atomic mass is 16.4. The van der Waals surface area contributed by atoms with Gasteiger partial charge in [0.2, 0.25) is 0 Å². The first-order chi connectivity index (χ1) is 7.27. The first kappa shape index (κ1) is 8.11. The molecule has 1 aromatic carbocycles. The number of carbonyl (C=O) groups is 1. The van der Waals surface area contributed by atoms with Gasteiger partial charge < -0.3 is 5.11 Å². The Balaban J connectivity index is 2.40. The molecule has 2 heterocycles. The summed E-state index contributed by atoms with van der Waals surface area (Å²) in [6, 6.07) is 3.63. The summed E-state index contributed by atoms with van der Waals surface area (Å²) < 4.78 is 0. The van der Waals surface area contributed by atoms with Crippen LogP contribution < -0.4 is 10.7 Å². The average Bonchev–Trinajstić information content (AvgIpc) is 2.82. The largest absolute Gasteiger partial charge is 0.478 e. The third-order valence-corrected chi connectivity index (χ3v) is 2.49. The first-order valence-corrected chi connectivity index (χ1v) is 4.46. The van der Waals surface area contributed by atoms with Gasteiger partial charge in [0, 0.05) is 23.5 Å². The second-order valence-electron chi connectivity index (χ2n) is 3.31.